The van der Waals surface area contributed by atoms with Crippen LogP contribution in [-0.4, -0.2) is 10.2 Å². The molecule has 0 saturated carbocycles. The third-order valence-electron chi connectivity index (χ3n) is 4.92. The molecule has 0 fully saturated rings. The maximum absolute atomic E-state index is 13.9. The maximum atomic E-state index is 13.9. The second-order valence-corrected chi connectivity index (χ2v) is 6.60. The Balaban J connectivity index is 1.96. The molecule has 1 aromatic heterocycles. The number of rotatable bonds is 2. The number of aryl methyl sites for hydroxylation is 2. The van der Waals surface area contributed by atoms with E-state index in [2.05, 4.69) is 16.3 Å². The molecule has 4 rings (SSSR count). The Morgan fingerprint density at radius 2 is 2.00 bits per heavy atom. The van der Waals surface area contributed by atoms with Gasteiger partial charge in [0, 0.05) is 5.56 Å². The van der Waals surface area contributed by atoms with Crippen LogP contribution in [0.3, 0.4) is 0 Å². The molecule has 0 amide bonds. The fraction of sp³-hybridized carbons (Fsp3) is 0.143. The molecule has 2 heterocycles. The fourth-order valence-corrected chi connectivity index (χ4v) is 3.38. The minimum absolute atomic E-state index is 0.0163. The van der Waals surface area contributed by atoms with Crippen LogP contribution < -0.4 is 10.5 Å². The smallest absolute Gasteiger partial charge is 0.244 e. The first-order chi connectivity index (χ1) is 13.0. The standard InChI is InChI=1S/C21H17FN4O/c1-11-6-7-14(8-12(11)2)19-18-17(13-4-3-5-15(22)9-13)16(10-23)20(24)27-21(18)26-25-19/h3-9,17H,24H2,1-2H3,(H,25,26)/t17-/m1/s1. The molecule has 3 N–H and O–H groups in total. The maximum Gasteiger partial charge on any atom is 0.244 e. The molecule has 0 saturated heterocycles. The van der Waals surface area contributed by atoms with E-state index in [9.17, 15) is 9.65 Å². The van der Waals surface area contributed by atoms with E-state index < -0.39 is 5.92 Å². The largest absolute Gasteiger partial charge is 0.420 e. The molecule has 1 aliphatic rings. The van der Waals surface area contributed by atoms with Crippen molar-refractivity contribution >= 4 is 0 Å². The van der Waals surface area contributed by atoms with Crippen molar-refractivity contribution in [2.24, 2.45) is 5.73 Å². The topological polar surface area (TPSA) is 87.7 Å². The number of allylic oxidation sites excluding steroid dienone is 1. The Morgan fingerprint density at radius 1 is 1.19 bits per heavy atom. The van der Waals surface area contributed by atoms with Gasteiger partial charge in [0.05, 0.1) is 17.2 Å². The van der Waals surface area contributed by atoms with Crippen molar-refractivity contribution in [3.8, 4) is 23.2 Å². The lowest BCUT2D eigenvalue weighted by Gasteiger charge is -2.24. The molecule has 1 atom stereocenters. The van der Waals surface area contributed by atoms with Gasteiger partial charge in [0.2, 0.25) is 11.8 Å². The zero-order valence-electron chi connectivity index (χ0n) is 14.9. The third kappa shape index (κ3) is 2.74. The van der Waals surface area contributed by atoms with Gasteiger partial charge in [-0.2, -0.15) is 5.26 Å². The highest BCUT2D eigenvalue weighted by molar-refractivity contribution is 5.71. The molecular weight excluding hydrogens is 343 g/mol. The Labute approximate surface area is 155 Å². The lowest BCUT2D eigenvalue weighted by Crippen LogP contribution is -2.21. The number of hydrogen-bond donors (Lipinski definition) is 2. The van der Waals surface area contributed by atoms with Crippen LogP contribution in [0, 0.1) is 31.0 Å². The van der Waals surface area contributed by atoms with Gasteiger partial charge in [-0.25, -0.2) is 4.39 Å². The predicted octanol–water partition coefficient (Wildman–Crippen LogP) is 4.05. The van der Waals surface area contributed by atoms with Crippen molar-refractivity contribution < 1.29 is 9.13 Å². The van der Waals surface area contributed by atoms with Gasteiger partial charge in [0.15, 0.2) is 0 Å². The van der Waals surface area contributed by atoms with Crippen molar-refractivity contribution in [3.63, 3.8) is 0 Å². The second kappa shape index (κ2) is 6.29. The number of aromatic nitrogens is 2. The van der Waals surface area contributed by atoms with E-state index in [4.69, 9.17) is 10.5 Å². The number of nitrogens with one attached hydrogen (secondary N) is 1. The summed E-state index contributed by atoms with van der Waals surface area (Å²) in [6.45, 7) is 4.07. The summed E-state index contributed by atoms with van der Waals surface area (Å²) in [5.74, 6) is -0.663. The van der Waals surface area contributed by atoms with E-state index in [1.807, 2.05) is 32.0 Å². The van der Waals surface area contributed by atoms with Crippen LogP contribution in [0.5, 0.6) is 5.88 Å². The van der Waals surface area contributed by atoms with Gasteiger partial charge in [-0.3, -0.25) is 5.10 Å². The summed E-state index contributed by atoms with van der Waals surface area (Å²) in [5, 5.41) is 16.9. The molecule has 1 aliphatic heterocycles. The number of aromatic amines is 1. The zero-order chi connectivity index (χ0) is 19.1. The van der Waals surface area contributed by atoms with Gasteiger partial charge < -0.3 is 10.5 Å². The molecule has 27 heavy (non-hydrogen) atoms. The van der Waals surface area contributed by atoms with E-state index in [0.717, 1.165) is 16.8 Å². The van der Waals surface area contributed by atoms with Crippen molar-refractivity contribution in [3.05, 3.63) is 82.0 Å². The van der Waals surface area contributed by atoms with Gasteiger partial charge in [-0.15, -0.1) is 5.10 Å². The van der Waals surface area contributed by atoms with Crippen molar-refractivity contribution in [2.75, 3.05) is 0 Å². The molecule has 0 radical (unpaired) electrons. The van der Waals surface area contributed by atoms with Gasteiger partial charge in [-0.1, -0.05) is 24.3 Å². The van der Waals surface area contributed by atoms with E-state index in [1.165, 1.54) is 17.7 Å². The van der Waals surface area contributed by atoms with E-state index in [1.54, 1.807) is 12.1 Å². The van der Waals surface area contributed by atoms with Crippen LogP contribution in [0.1, 0.15) is 28.2 Å². The van der Waals surface area contributed by atoms with Crippen LogP contribution in [0.15, 0.2) is 53.9 Å². The number of ether oxygens (including phenoxy) is 1. The zero-order valence-corrected chi connectivity index (χ0v) is 14.9. The number of hydrogen-bond acceptors (Lipinski definition) is 4. The van der Waals surface area contributed by atoms with Crippen LogP contribution in [0.25, 0.3) is 11.3 Å². The first-order valence-electron chi connectivity index (χ1n) is 8.48. The van der Waals surface area contributed by atoms with Crippen LogP contribution in [-0.2, 0) is 0 Å². The summed E-state index contributed by atoms with van der Waals surface area (Å²) in [6, 6.07) is 14.3. The van der Waals surface area contributed by atoms with E-state index >= 15 is 0 Å². The third-order valence-corrected chi connectivity index (χ3v) is 4.92. The minimum atomic E-state index is -0.565. The van der Waals surface area contributed by atoms with E-state index in [-0.39, 0.29) is 17.3 Å². The summed E-state index contributed by atoms with van der Waals surface area (Å²) in [6.07, 6.45) is 0. The number of nitriles is 1. The van der Waals surface area contributed by atoms with Crippen LogP contribution in [0.2, 0.25) is 0 Å². The monoisotopic (exact) mass is 360 g/mol. The SMILES string of the molecule is Cc1ccc(-c2[nH]nc3c2[C@H](c2cccc(F)c2)C(C#N)=C(N)O3)cc1C. The molecular formula is C21H17FN4O. The molecule has 5 nitrogen and oxygen atoms in total. The molecule has 2 aromatic carbocycles. The van der Waals surface area contributed by atoms with Gasteiger partial charge >= 0.3 is 0 Å². The Morgan fingerprint density at radius 3 is 2.70 bits per heavy atom. The summed E-state index contributed by atoms with van der Waals surface area (Å²) in [4.78, 5) is 0. The number of halogens is 1. The minimum Gasteiger partial charge on any atom is -0.420 e. The predicted molar refractivity (Wildman–Crippen MR) is 99.2 cm³/mol. The first kappa shape index (κ1) is 16.9. The molecule has 0 bridgehead atoms. The molecule has 0 aliphatic carbocycles. The molecule has 0 spiro atoms. The molecule has 0 unspecified atom stereocenters. The average molecular weight is 360 g/mol. The number of fused-ring (bicyclic) bond motifs is 1. The summed E-state index contributed by atoms with van der Waals surface area (Å²) < 4.78 is 19.5. The van der Waals surface area contributed by atoms with Crippen molar-refractivity contribution in [2.45, 2.75) is 19.8 Å². The molecule has 134 valence electrons. The van der Waals surface area contributed by atoms with Crippen molar-refractivity contribution in [1.82, 2.24) is 10.2 Å². The van der Waals surface area contributed by atoms with Crippen LogP contribution >= 0.6 is 0 Å². The Hall–Kier alpha value is -3.59. The highest BCUT2D eigenvalue weighted by atomic mass is 19.1. The fourth-order valence-electron chi connectivity index (χ4n) is 3.38. The number of nitrogens with two attached hydrogens (primary N) is 1. The molecule has 6 heteroatoms. The summed E-state index contributed by atoms with van der Waals surface area (Å²) >= 11 is 0. The van der Waals surface area contributed by atoms with Gasteiger partial charge in [-0.05, 0) is 48.7 Å². The Bertz CT molecular complexity index is 1120. The second-order valence-electron chi connectivity index (χ2n) is 6.60. The summed E-state index contributed by atoms with van der Waals surface area (Å²) in [5.41, 5.74) is 11.4. The van der Waals surface area contributed by atoms with Crippen LogP contribution in [0.4, 0.5) is 4.39 Å². The molecule has 3 aromatic rings. The quantitative estimate of drug-likeness (QED) is 0.722. The number of H-pyrrole nitrogens is 1. The van der Waals surface area contributed by atoms with Gasteiger partial charge in [0.25, 0.3) is 0 Å². The lowest BCUT2D eigenvalue weighted by molar-refractivity contribution is 0.379. The lowest BCUT2D eigenvalue weighted by atomic mass is 9.83. The normalized spacial score (nSPS) is 15.9. The highest BCUT2D eigenvalue weighted by Crippen LogP contribution is 2.45. The average Bonchev–Trinajstić information content (AvgIpc) is 3.06. The van der Waals surface area contributed by atoms with Gasteiger partial charge in [0.1, 0.15) is 17.5 Å². The summed E-state index contributed by atoms with van der Waals surface area (Å²) in [7, 11) is 0. The number of benzene rings is 2. The Kier molecular flexibility index (Phi) is 3.93. The number of nitrogens with zero attached hydrogens (tertiary/aromatic N) is 2. The van der Waals surface area contributed by atoms with Crippen molar-refractivity contribution in [1.29, 1.82) is 5.26 Å². The highest BCUT2D eigenvalue weighted by Gasteiger charge is 2.35. The van der Waals surface area contributed by atoms with E-state index in [0.29, 0.717) is 17.0 Å². The first-order valence-corrected chi connectivity index (χ1v) is 8.48.